The van der Waals surface area contributed by atoms with Crippen molar-refractivity contribution < 1.29 is 0 Å². The molecule has 1 aromatic heterocycles. The summed E-state index contributed by atoms with van der Waals surface area (Å²) in [4.78, 5) is 8.03. The number of nitrogens with one attached hydrogen (secondary N) is 1. The van der Waals surface area contributed by atoms with Gasteiger partial charge in [-0.1, -0.05) is 29.3 Å². The lowest BCUT2D eigenvalue weighted by Gasteiger charge is -2.10. The highest BCUT2D eigenvalue weighted by Gasteiger charge is 2.07. The van der Waals surface area contributed by atoms with Gasteiger partial charge in [0, 0.05) is 5.56 Å². The van der Waals surface area contributed by atoms with Crippen molar-refractivity contribution in [2.45, 2.75) is 13.8 Å². The second-order valence-corrected chi connectivity index (χ2v) is 4.51. The lowest BCUT2D eigenvalue weighted by molar-refractivity contribution is 1.13. The fraction of sp³-hybridized carbons (Fsp3) is 0.167. The quantitative estimate of drug-likeness (QED) is 0.831. The second-order valence-electron chi connectivity index (χ2n) is 3.75. The molecule has 0 amide bonds. The van der Waals surface area contributed by atoms with Gasteiger partial charge in [0.2, 0.25) is 0 Å². The molecule has 0 fully saturated rings. The van der Waals surface area contributed by atoms with E-state index in [4.69, 9.17) is 23.2 Å². The second kappa shape index (κ2) is 4.90. The molecule has 5 heteroatoms. The minimum Gasteiger partial charge on any atom is -0.339 e. The molecule has 0 saturated carbocycles. The molecule has 0 saturated heterocycles. The Morgan fingerprint density at radius 1 is 1.12 bits per heavy atom. The van der Waals surface area contributed by atoms with Crippen LogP contribution < -0.4 is 5.32 Å². The fourth-order valence-electron chi connectivity index (χ4n) is 1.40. The van der Waals surface area contributed by atoms with E-state index in [-0.39, 0.29) is 0 Å². The Balaban J connectivity index is 2.35. The number of hydrogen-bond donors (Lipinski definition) is 1. The molecule has 17 heavy (non-hydrogen) atoms. The van der Waals surface area contributed by atoms with Crippen molar-refractivity contribution in [1.29, 1.82) is 0 Å². The van der Waals surface area contributed by atoms with Gasteiger partial charge in [-0.2, -0.15) is 0 Å². The number of benzene rings is 1. The molecule has 0 spiro atoms. The molecule has 0 aliphatic carbocycles. The van der Waals surface area contributed by atoms with Crippen LogP contribution in [-0.4, -0.2) is 9.97 Å². The van der Waals surface area contributed by atoms with Crippen molar-refractivity contribution in [1.82, 2.24) is 9.97 Å². The molecule has 1 aromatic carbocycles. The standard InChI is InChI=1S/C12H11Cl2N3/c1-7-3-4-10(9(13)5-7)17-12-8(2)11(14)15-6-16-12/h3-6H,1-2H3,(H,15,16,17). The molecular formula is C12H11Cl2N3. The summed E-state index contributed by atoms with van der Waals surface area (Å²) in [7, 11) is 0. The van der Waals surface area contributed by atoms with Crippen molar-refractivity contribution in [2.75, 3.05) is 5.32 Å². The first-order valence-electron chi connectivity index (χ1n) is 5.08. The predicted octanol–water partition coefficient (Wildman–Crippen LogP) is 4.14. The van der Waals surface area contributed by atoms with E-state index in [9.17, 15) is 0 Å². The monoisotopic (exact) mass is 267 g/mol. The van der Waals surface area contributed by atoms with Crippen molar-refractivity contribution in [3.63, 3.8) is 0 Å². The van der Waals surface area contributed by atoms with E-state index in [0.29, 0.717) is 16.0 Å². The molecule has 2 aromatic rings. The molecule has 0 atom stereocenters. The largest absolute Gasteiger partial charge is 0.339 e. The topological polar surface area (TPSA) is 37.8 Å². The van der Waals surface area contributed by atoms with E-state index in [1.165, 1.54) is 6.33 Å². The normalized spacial score (nSPS) is 10.4. The molecule has 1 heterocycles. The molecule has 0 unspecified atom stereocenters. The Hall–Kier alpha value is -1.32. The number of nitrogens with zero attached hydrogens (tertiary/aromatic N) is 2. The first kappa shape index (κ1) is 12.1. The zero-order chi connectivity index (χ0) is 12.4. The Morgan fingerprint density at radius 2 is 1.88 bits per heavy atom. The van der Waals surface area contributed by atoms with Crippen molar-refractivity contribution >= 4 is 34.7 Å². The average Bonchev–Trinajstić information content (AvgIpc) is 2.28. The van der Waals surface area contributed by atoms with Gasteiger partial charge < -0.3 is 5.32 Å². The lowest BCUT2D eigenvalue weighted by atomic mass is 10.2. The van der Waals surface area contributed by atoms with Crippen LogP contribution >= 0.6 is 23.2 Å². The maximum absolute atomic E-state index is 6.13. The number of anilines is 2. The summed E-state index contributed by atoms with van der Waals surface area (Å²) in [5.41, 5.74) is 2.71. The lowest BCUT2D eigenvalue weighted by Crippen LogP contribution is -1.98. The van der Waals surface area contributed by atoms with E-state index in [1.54, 1.807) is 0 Å². The molecule has 1 N–H and O–H groups in total. The number of aromatic nitrogens is 2. The van der Waals surface area contributed by atoms with E-state index in [1.807, 2.05) is 32.0 Å². The van der Waals surface area contributed by atoms with Crippen molar-refractivity contribution in [3.8, 4) is 0 Å². The zero-order valence-corrected chi connectivity index (χ0v) is 11.0. The predicted molar refractivity (Wildman–Crippen MR) is 71.3 cm³/mol. The molecule has 88 valence electrons. The zero-order valence-electron chi connectivity index (χ0n) is 9.46. The molecule has 0 aliphatic rings. The van der Waals surface area contributed by atoms with Gasteiger partial charge in [0.05, 0.1) is 10.7 Å². The SMILES string of the molecule is Cc1ccc(Nc2ncnc(Cl)c2C)c(Cl)c1. The number of rotatable bonds is 2. The van der Waals surface area contributed by atoms with Crippen LogP contribution in [-0.2, 0) is 0 Å². The Kier molecular flexibility index (Phi) is 3.50. The van der Waals surface area contributed by atoms with Gasteiger partial charge in [0.1, 0.15) is 17.3 Å². The van der Waals surface area contributed by atoms with Gasteiger partial charge in [-0.25, -0.2) is 9.97 Å². The summed E-state index contributed by atoms with van der Waals surface area (Å²) in [6.07, 6.45) is 1.42. The van der Waals surface area contributed by atoms with Gasteiger partial charge in [0.25, 0.3) is 0 Å². The molecule has 0 bridgehead atoms. The smallest absolute Gasteiger partial charge is 0.138 e. The molecule has 0 radical (unpaired) electrons. The number of halogens is 2. The summed E-state index contributed by atoms with van der Waals surface area (Å²) < 4.78 is 0. The highest BCUT2D eigenvalue weighted by atomic mass is 35.5. The number of hydrogen-bond acceptors (Lipinski definition) is 3. The summed E-state index contributed by atoms with van der Waals surface area (Å²) in [6.45, 7) is 3.84. The summed E-state index contributed by atoms with van der Waals surface area (Å²) >= 11 is 12.1. The minimum atomic E-state index is 0.436. The van der Waals surface area contributed by atoms with Crippen LogP contribution in [0.5, 0.6) is 0 Å². The van der Waals surface area contributed by atoms with Crippen LogP contribution in [0.4, 0.5) is 11.5 Å². The first-order chi connectivity index (χ1) is 8.08. The molecular weight excluding hydrogens is 257 g/mol. The van der Waals surface area contributed by atoms with Gasteiger partial charge in [-0.05, 0) is 31.5 Å². The molecule has 2 rings (SSSR count). The third-order valence-electron chi connectivity index (χ3n) is 2.40. The first-order valence-corrected chi connectivity index (χ1v) is 5.84. The number of aryl methyl sites for hydroxylation is 1. The van der Waals surface area contributed by atoms with Gasteiger partial charge in [-0.15, -0.1) is 0 Å². The van der Waals surface area contributed by atoms with Crippen LogP contribution in [0.3, 0.4) is 0 Å². The van der Waals surface area contributed by atoms with Gasteiger partial charge in [-0.3, -0.25) is 0 Å². The van der Waals surface area contributed by atoms with Gasteiger partial charge >= 0.3 is 0 Å². The minimum absolute atomic E-state index is 0.436. The van der Waals surface area contributed by atoms with Crippen LogP contribution in [0.25, 0.3) is 0 Å². The highest BCUT2D eigenvalue weighted by Crippen LogP contribution is 2.28. The van der Waals surface area contributed by atoms with E-state index in [0.717, 1.165) is 16.8 Å². The van der Waals surface area contributed by atoms with E-state index in [2.05, 4.69) is 15.3 Å². The Labute approximate surface area is 110 Å². The molecule has 3 nitrogen and oxygen atoms in total. The highest BCUT2D eigenvalue weighted by molar-refractivity contribution is 6.33. The van der Waals surface area contributed by atoms with Crippen LogP contribution in [0.2, 0.25) is 10.2 Å². The summed E-state index contributed by atoms with van der Waals surface area (Å²) in [6, 6.07) is 5.78. The van der Waals surface area contributed by atoms with Crippen LogP contribution in [0.1, 0.15) is 11.1 Å². The third kappa shape index (κ3) is 2.68. The fourth-order valence-corrected chi connectivity index (χ4v) is 1.82. The average molecular weight is 268 g/mol. The van der Waals surface area contributed by atoms with Crippen LogP contribution in [0, 0.1) is 13.8 Å². The molecule has 0 aliphatic heterocycles. The van der Waals surface area contributed by atoms with Crippen molar-refractivity contribution in [3.05, 3.63) is 45.8 Å². The maximum Gasteiger partial charge on any atom is 0.138 e. The summed E-state index contributed by atoms with van der Waals surface area (Å²) in [5, 5.41) is 4.23. The Bertz CT molecular complexity index is 555. The van der Waals surface area contributed by atoms with E-state index < -0.39 is 0 Å². The Morgan fingerprint density at radius 3 is 2.59 bits per heavy atom. The van der Waals surface area contributed by atoms with E-state index >= 15 is 0 Å². The van der Waals surface area contributed by atoms with Gasteiger partial charge in [0.15, 0.2) is 0 Å². The third-order valence-corrected chi connectivity index (χ3v) is 3.09. The van der Waals surface area contributed by atoms with Crippen LogP contribution in [0.15, 0.2) is 24.5 Å². The maximum atomic E-state index is 6.13. The van der Waals surface area contributed by atoms with Crippen molar-refractivity contribution in [2.24, 2.45) is 0 Å². The summed E-state index contributed by atoms with van der Waals surface area (Å²) in [5.74, 6) is 0.663.